The van der Waals surface area contributed by atoms with Gasteiger partial charge in [-0.15, -0.1) is 0 Å². The summed E-state index contributed by atoms with van der Waals surface area (Å²) in [5.41, 5.74) is 10.7. The minimum Gasteiger partial charge on any atom is -0.385 e. The smallest absolute Gasteiger partial charge is 0.230 e. The minimum atomic E-state index is -1.57. The number of anilines is 1. The normalized spacial score (nSPS) is 12.0. The largest absolute Gasteiger partial charge is 0.385 e. The highest BCUT2D eigenvalue weighted by Gasteiger charge is 2.27. The van der Waals surface area contributed by atoms with E-state index in [1.807, 2.05) is 35.0 Å². The van der Waals surface area contributed by atoms with E-state index < -0.39 is 3.79 Å². The highest BCUT2D eigenvalue weighted by molar-refractivity contribution is 6.66. The molecule has 1 aromatic heterocycles. The second-order valence-corrected chi connectivity index (χ2v) is 7.94. The third kappa shape index (κ3) is 6.50. The number of hydrogen-bond acceptors (Lipinski definition) is 3. The lowest BCUT2D eigenvalue weighted by Crippen LogP contribution is -2.25. The number of halogens is 3. The Balaban J connectivity index is 2.27. The maximum Gasteiger partial charge on any atom is 0.230 e. The van der Waals surface area contributed by atoms with Gasteiger partial charge < -0.3 is 15.6 Å². The van der Waals surface area contributed by atoms with Gasteiger partial charge in [-0.2, -0.15) is 5.10 Å². The molecule has 1 heterocycles. The molecule has 27 heavy (non-hydrogen) atoms. The molecule has 0 saturated heterocycles. The van der Waals surface area contributed by atoms with E-state index >= 15 is 0 Å². The lowest BCUT2D eigenvalue weighted by atomic mass is 10.2. The molecule has 0 aliphatic rings. The predicted molar refractivity (Wildman–Crippen MR) is 116 cm³/mol. The van der Waals surface area contributed by atoms with Gasteiger partial charge in [0.05, 0.1) is 5.69 Å². The number of hydrazone groups is 1. The molecule has 0 unspecified atom stereocenters. The van der Waals surface area contributed by atoms with E-state index in [1.54, 1.807) is 18.2 Å². The van der Waals surface area contributed by atoms with Gasteiger partial charge >= 0.3 is 0 Å². The standard InChI is InChI=1S/C18H21Cl3N6/c1-2-9-24-14-5-7-15(8-6-14)27-12-13(11-16(27)18(19,20)21)4-3-10-25-26-17(22)23/h3-8,10-12,24H,2,9H2,1H3,(H4,22,23,26)/b4-3+,25-10+. The number of nitrogens with one attached hydrogen (secondary N) is 3. The van der Waals surface area contributed by atoms with Crippen LogP contribution in [0.2, 0.25) is 0 Å². The number of nitrogens with zero attached hydrogens (tertiary/aromatic N) is 2. The molecule has 0 amide bonds. The lowest BCUT2D eigenvalue weighted by Gasteiger charge is -2.15. The summed E-state index contributed by atoms with van der Waals surface area (Å²) in [6.45, 7) is 3.03. The summed E-state index contributed by atoms with van der Waals surface area (Å²) >= 11 is 18.4. The van der Waals surface area contributed by atoms with E-state index in [1.165, 1.54) is 6.21 Å². The summed E-state index contributed by atoms with van der Waals surface area (Å²) in [5, 5.41) is 14.1. The Bertz CT molecular complexity index is 819. The van der Waals surface area contributed by atoms with Gasteiger partial charge in [0, 0.05) is 30.3 Å². The Morgan fingerprint density at radius 1 is 1.30 bits per heavy atom. The maximum absolute atomic E-state index is 7.02. The molecule has 144 valence electrons. The van der Waals surface area contributed by atoms with Gasteiger partial charge in [-0.1, -0.05) is 47.8 Å². The molecule has 1 aromatic carbocycles. The summed E-state index contributed by atoms with van der Waals surface area (Å²) in [7, 11) is 0. The number of rotatable bonds is 7. The van der Waals surface area contributed by atoms with Crippen LogP contribution in [0.3, 0.4) is 0 Å². The molecule has 0 aliphatic carbocycles. The van der Waals surface area contributed by atoms with Crippen molar-refractivity contribution in [1.29, 1.82) is 5.41 Å². The number of benzene rings is 1. The van der Waals surface area contributed by atoms with Crippen LogP contribution in [0, 0.1) is 5.41 Å². The first kappa shape index (κ1) is 21.2. The van der Waals surface area contributed by atoms with Crippen molar-refractivity contribution < 1.29 is 0 Å². The van der Waals surface area contributed by atoms with Crippen LogP contribution in [0.25, 0.3) is 11.8 Å². The van der Waals surface area contributed by atoms with E-state index in [-0.39, 0.29) is 5.96 Å². The molecule has 0 atom stereocenters. The van der Waals surface area contributed by atoms with Gasteiger partial charge in [-0.05, 0) is 48.4 Å². The summed E-state index contributed by atoms with van der Waals surface area (Å²) < 4.78 is 0.261. The summed E-state index contributed by atoms with van der Waals surface area (Å²) in [6, 6.07) is 9.69. The van der Waals surface area contributed by atoms with Crippen molar-refractivity contribution in [3.8, 4) is 5.69 Å². The van der Waals surface area contributed by atoms with E-state index in [9.17, 15) is 0 Å². The van der Waals surface area contributed by atoms with E-state index in [2.05, 4.69) is 22.8 Å². The van der Waals surface area contributed by atoms with Gasteiger partial charge in [0.2, 0.25) is 9.75 Å². The Morgan fingerprint density at radius 3 is 2.59 bits per heavy atom. The van der Waals surface area contributed by atoms with Crippen molar-refractivity contribution in [2.75, 3.05) is 11.9 Å². The molecule has 0 aliphatic heterocycles. The van der Waals surface area contributed by atoms with Crippen LogP contribution < -0.4 is 16.5 Å². The molecule has 0 radical (unpaired) electrons. The van der Waals surface area contributed by atoms with Gasteiger partial charge in [-0.25, -0.2) is 5.43 Å². The molecule has 6 nitrogen and oxygen atoms in total. The molecule has 9 heteroatoms. The molecule has 5 N–H and O–H groups in total. The van der Waals surface area contributed by atoms with Crippen LogP contribution in [0.4, 0.5) is 5.69 Å². The second-order valence-electron chi connectivity index (χ2n) is 5.66. The quantitative estimate of drug-likeness (QED) is 0.225. The number of nitrogens with two attached hydrogens (primary N) is 1. The number of guanidine groups is 1. The van der Waals surface area contributed by atoms with Crippen LogP contribution in [-0.4, -0.2) is 23.3 Å². The number of aromatic nitrogens is 1. The molecule has 2 aromatic rings. The molecule has 0 spiro atoms. The fraction of sp³-hybridized carbons (Fsp3) is 0.222. The zero-order valence-corrected chi connectivity index (χ0v) is 17.0. The van der Waals surface area contributed by atoms with Crippen LogP contribution >= 0.6 is 34.8 Å². The average Bonchev–Trinajstić information content (AvgIpc) is 3.04. The van der Waals surface area contributed by atoms with Crippen molar-refractivity contribution in [3.63, 3.8) is 0 Å². The Kier molecular flexibility index (Phi) is 7.59. The van der Waals surface area contributed by atoms with Crippen LogP contribution in [0.1, 0.15) is 24.6 Å². The second kappa shape index (κ2) is 9.69. The fourth-order valence-electron chi connectivity index (χ4n) is 2.32. The van der Waals surface area contributed by atoms with Crippen molar-refractivity contribution in [3.05, 3.63) is 53.9 Å². The zero-order valence-electron chi connectivity index (χ0n) is 14.7. The third-order valence-corrected chi connectivity index (χ3v) is 4.07. The summed E-state index contributed by atoms with van der Waals surface area (Å²) in [6.07, 6.45) is 7.89. The first-order valence-electron chi connectivity index (χ1n) is 8.25. The summed E-state index contributed by atoms with van der Waals surface area (Å²) in [5.74, 6) is -0.235. The van der Waals surface area contributed by atoms with Crippen molar-refractivity contribution in [2.24, 2.45) is 10.8 Å². The van der Waals surface area contributed by atoms with Gasteiger partial charge in [0.1, 0.15) is 0 Å². The monoisotopic (exact) mass is 426 g/mol. The Labute approximate surface area is 173 Å². The maximum atomic E-state index is 7.02. The van der Waals surface area contributed by atoms with Gasteiger partial charge in [0.15, 0.2) is 0 Å². The van der Waals surface area contributed by atoms with Crippen molar-refractivity contribution in [2.45, 2.75) is 17.1 Å². The highest BCUT2D eigenvalue weighted by Crippen LogP contribution is 2.40. The SMILES string of the molecule is CCCNc1ccc(-n2cc(/C=C/C=N/NC(=N)N)cc2C(Cl)(Cl)Cl)cc1. The molecule has 2 rings (SSSR count). The van der Waals surface area contributed by atoms with Gasteiger partial charge in [-0.3, -0.25) is 5.41 Å². The average molecular weight is 428 g/mol. The van der Waals surface area contributed by atoms with Crippen LogP contribution in [-0.2, 0) is 3.79 Å². The zero-order chi connectivity index (χ0) is 19.9. The topological polar surface area (TPSA) is 91.2 Å². The molecular weight excluding hydrogens is 407 g/mol. The lowest BCUT2D eigenvalue weighted by molar-refractivity contribution is 0.956. The minimum absolute atomic E-state index is 0.235. The van der Waals surface area contributed by atoms with Crippen molar-refractivity contribution >= 4 is 58.7 Å². The molecule has 0 bridgehead atoms. The Hall–Kier alpha value is -2.15. The molecule has 0 fully saturated rings. The van der Waals surface area contributed by atoms with Crippen LogP contribution in [0.15, 0.2) is 47.7 Å². The fourth-order valence-corrected chi connectivity index (χ4v) is 2.76. The number of hydrogen-bond donors (Lipinski definition) is 4. The van der Waals surface area contributed by atoms with E-state index in [0.717, 1.165) is 29.9 Å². The molecular formula is C18H21Cl3N6. The predicted octanol–water partition coefficient (Wildman–Crippen LogP) is 4.61. The first-order chi connectivity index (χ1) is 12.8. The molecule has 0 saturated carbocycles. The third-order valence-electron chi connectivity index (χ3n) is 3.49. The first-order valence-corrected chi connectivity index (χ1v) is 9.38. The number of allylic oxidation sites excluding steroid dienone is 1. The highest BCUT2D eigenvalue weighted by atomic mass is 35.6. The van der Waals surface area contributed by atoms with Crippen LogP contribution in [0.5, 0.6) is 0 Å². The van der Waals surface area contributed by atoms with E-state index in [0.29, 0.717) is 5.69 Å². The summed E-state index contributed by atoms with van der Waals surface area (Å²) in [4.78, 5) is 0. The Morgan fingerprint density at radius 2 is 2.00 bits per heavy atom. The van der Waals surface area contributed by atoms with Gasteiger partial charge in [0.25, 0.3) is 0 Å². The van der Waals surface area contributed by atoms with E-state index in [4.69, 9.17) is 45.9 Å². The number of alkyl halides is 3. The van der Waals surface area contributed by atoms with Crippen molar-refractivity contribution in [1.82, 2.24) is 9.99 Å².